The van der Waals surface area contributed by atoms with Crippen molar-refractivity contribution in [2.45, 2.75) is 20.0 Å². The first-order chi connectivity index (χ1) is 14.6. The summed E-state index contributed by atoms with van der Waals surface area (Å²) in [6.07, 6.45) is 0. The summed E-state index contributed by atoms with van der Waals surface area (Å²) < 4.78 is 2.99. The number of aromatic nitrogens is 2. The molecule has 0 saturated heterocycles. The van der Waals surface area contributed by atoms with Crippen molar-refractivity contribution in [2.24, 2.45) is 0 Å². The predicted octanol–water partition coefficient (Wildman–Crippen LogP) is 3.26. The topological polar surface area (TPSA) is 64.3 Å². The fourth-order valence-electron chi connectivity index (χ4n) is 3.46. The maximum Gasteiger partial charge on any atom is 0.336 e. The van der Waals surface area contributed by atoms with Gasteiger partial charge >= 0.3 is 5.69 Å². The van der Waals surface area contributed by atoms with Gasteiger partial charge in [-0.25, -0.2) is 9.36 Å². The molecular formula is C23H21N3O3S. The molecule has 0 spiro atoms. The summed E-state index contributed by atoms with van der Waals surface area (Å²) in [5.74, 6) is -0.172. The summed E-state index contributed by atoms with van der Waals surface area (Å²) in [5.41, 5.74) is 1.12. The molecule has 0 fully saturated rings. The molecule has 0 aliphatic heterocycles. The smallest absolute Gasteiger partial charge is 0.336 e. The number of carbonyl (C=O) groups is 1. The summed E-state index contributed by atoms with van der Waals surface area (Å²) in [6.45, 7) is 2.78. The maximum absolute atomic E-state index is 13.3. The Kier molecular flexibility index (Phi) is 5.63. The second-order valence-corrected chi connectivity index (χ2v) is 7.79. The summed E-state index contributed by atoms with van der Waals surface area (Å²) >= 11 is 1.27. The number of carbonyl (C=O) groups excluding carboxylic acids is 1. The highest BCUT2D eigenvalue weighted by molar-refractivity contribution is 7.17. The molecule has 4 aromatic rings. The van der Waals surface area contributed by atoms with Gasteiger partial charge in [0.2, 0.25) is 5.91 Å². The molecule has 0 atom stereocenters. The number of likely N-dealkylation sites (N-methyl/N-ethyl adjacent to an activating group) is 1. The Balaban J connectivity index is 1.75. The van der Waals surface area contributed by atoms with E-state index in [9.17, 15) is 14.4 Å². The number of hydrogen-bond acceptors (Lipinski definition) is 4. The van der Waals surface area contributed by atoms with Crippen LogP contribution in [0, 0.1) is 0 Å². The van der Waals surface area contributed by atoms with Gasteiger partial charge in [-0.3, -0.25) is 14.2 Å². The van der Waals surface area contributed by atoms with Crippen LogP contribution >= 0.6 is 11.3 Å². The van der Waals surface area contributed by atoms with Gasteiger partial charge in [-0.15, -0.1) is 11.3 Å². The molecule has 4 rings (SSSR count). The van der Waals surface area contributed by atoms with Crippen molar-refractivity contribution in [2.75, 3.05) is 6.54 Å². The Morgan fingerprint density at radius 2 is 1.63 bits per heavy atom. The van der Waals surface area contributed by atoms with Crippen molar-refractivity contribution >= 4 is 27.5 Å². The second-order valence-electron chi connectivity index (χ2n) is 6.87. The Morgan fingerprint density at radius 1 is 0.967 bits per heavy atom. The van der Waals surface area contributed by atoms with Crippen LogP contribution in [0.5, 0.6) is 0 Å². The lowest BCUT2D eigenvalue weighted by Gasteiger charge is -2.22. The van der Waals surface area contributed by atoms with Crippen molar-refractivity contribution in [3.63, 3.8) is 0 Å². The number of rotatable bonds is 6. The molecule has 0 unspecified atom stereocenters. The first kappa shape index (κ1) is 19.8. The van der Waals surface area contributed by atoms with Gasteiger partial charge < -0.3 is 4.90 Å². The molecule has 0 aliphatic rings. The zero-order chi connectivity index (χ0) is 21.1. The SMILES string of the molecule is CCN(Cc1ccccc1)C(=O)Cn1c(=O)n(-c2ccccc2)c(=O)c2sccc21. The minimum absolute atomic E-state index is 0.125. The Hall–Kier alpha value is -3.45. The fourth-order valence-corrected chi connectivity index (χ4v) is 4.28. The van der Waals surface area contributed by atoms with Crippen LogP contribution in [-0.2, 0) is 17.9 Å². The first-order valence-corrected chi connectivity index (χ1v) is 10.6. The zero-order valence-corrected chi connectivity index (χ0v) is 17.3. The molecule has 1 amide bonds. The fraction of sp³-hybridized carbons (Fsp3) is 0.174. The Labute approximate surface area is 177 Å². The number of nitrogens with zero attached hydrogens (tertiary/aromatic N) is 3. The van der Waals surface area contributed by atoms with E-state index in [0.717, 1.165) is 10.1 Å². The quantitative estimate of drug-likeness (QED) is 0.482. The summed E-state index contributed by atoms with van der Waals surface area (Å²) in [6, 6.07) is 20.2. The van der Waals surface area contributed by atoms with Gasteiger partial charge in [0.15, 0.2) is 0 Å². The standard InChI is InChI=1S/C23H21N3O3S/c1-2-24(15-17-9-5-3-6-10-17)20(27)16-25-19-13-14-30-21(19)22(28)26(23(25)29)18-11-7-4-8-12-18/h3-14H,2,15-16H2,1H3. The number of thiophene rings is 1. The molecule has 0 bridgehead atoms. The molecule has 0 N–H and O–H groups in total. The van der Waals surface area contributed by atoms with Crippen molar-refractivity contribution in [1.29, 1.82) is 0 Å². The third-order valence-electron chi connectivity index (χ3n) is 5.01. The van der Waals surface area contributed by atoms with Crippen LogP contribution in [-0.4, -0.2) is 26.5 Å². The second kappa shape index (κ2) is 8.51. The third-order valence-corrected chi connectivity index (χ3v) is 5.90. The minimum atomic E-state index is -0.513. The monoisotopic (exact) mass is 419 g/mol. The van der Waals surface area contributed by atoms with E-state index in [4.69, 9.17) is 0 Å². The van der Waals surface area contributed by atoms with E-state index in [2.05, 4.69) is 0 Å². The van der Waals surface area contributed by atoms with Gasteiger partial charge in [0.1, 0.15) is 11.2 Å². The van der Waals surface area contributed by atoms with E-state index in [-0.39, 0.29) is 18.0 Å². The molecule has 0 saturated carbocycles. The molecule has 6 nitrogen and oxygen atoms in total. The summed E-state index contributed by atoms with van der Waals surface area (Å²) in [7, 11) is 0. The van der Waals surface area contributed by atoms with E-state index in [1.54, 1.807) is 40.6 Å². The van der Waals surface area contributed by atoms with Crippen LogP contribution in [0.4, 0.5) is 0 Å². The lowest BCUT2D eigenvalue weighted by Crippen LogP contribution is -2.42. The van der Waals surface area contributed by atoms with E-state index < -0.39 is 5.69 Å². The molecule has 2 heterocycles. The van der Waals surface area contributed by atoms with Gasteiger partial charge in [-0.1, -0.05) is 48.5 Å². The molecule has 0 aliphatic carbocycles. The molecule has 2 aromatic carbocycles. The highest BCUT2D eigenvalue weighted by Crippen LogP contribution is 2.17. The average Bonchev–Trinajstić information content (AvgIpc) is 3.26. The van der Waals surface area contributed by atoms with E-state index in [1.165, 1.54) is 15.9 Å². The van der Waals surface area contributed by atoms with Crippen LogP contribution in [0.25, 0.3) is 15.9 Å². The lowest BCUT2D eigenvalue weighted by molar-refractivity contribution is -0.132. The van der Waals surface area contributed by atoms with E-state index in [1.807, 2.05) is 43.3 Å². The normalized spacial score (nSPS) is 11.0. The van der Waals surface area contributed by atoms with Crippen molar-refractivity contribution in [1.82, 2.24) is 14.0 Å². The molecular weight excluding hydrogens is 398 g/mol. The van der Waals surface area contributed by atoms with Crippen LogP contribution in [0.3, 0.4) is 0 Å². The number of para-hydroxylation sites is 1. The molecule has 30 heavy (non-hydrogen) atoms. The molecule has 152 valence electrons. The van der Waals surface area contributed by atoms with Crippen LogP contribution in [0.1, 0.15) is 12.5 Å². The Bertz CT molecular complexity index is 1290. The average molecular weight is 420 g/mol. The lowest BCUT2D eigenvalue weighted by atomic mass is 10.2. The Morgan fingerprint density at radius 3 is 2.30 bits per heavy atom. The number of fused-ring (bicyclic) bond motifs is 1. The van der Waals surface area contributed by atoms with Crippen molar-refractivity contribution in [3.8, 4) is 5.69 Å². The summed E-state index contributed by atoms with van der Waals surface area (Å²) in [4.78, 5) is 41.0. The summed E-state index contributed by atoms with van der Waals surface area (Å²) in [5, 5.41) is 1.77. The molecule has 7 heteroatoms. The highest BCUT2D eigenvalue weighted by Gasteiger charge is 2.20. The number of hydrogen-bond donors (Lipinski definition) is 0. The molecule has 2 aromatic heterocycles. The van der Waals surface area contributed by atoms with Crippen LogP contribution in [0.2, 0.25) is 0 Å². The highest BCUT2D eigenvalue weighted by atomic mass is 32.1. The minimum Gasteiger partial charge on any atom is -0.337 e. The van der Waals surface area contributed by atoms with Crippen LogP contribution in [0.15, 0.2) is 81.7 Å². The molecule has 0 radical (unpaired) electrons. The third kappa shape index (κ3) is 3.71. The maximum atomic E-state index is 13.3. The van der Waals surface area contributed by atoms with E-state index in [0.29, 0.717) is 29.0 Å². The van der Waals surface area contributed by atoms with E-state index >= 15 is 0 Å². The van der Waals surface area contributed by atoms with Crippen molar-refractivity contribution < 1.29 is 4.79 Å². The van der Waals surface area contributed by atoms with Crippen molar-refractivity contribution in [3.05, 3.63) is 98.5 Å². The van der Waals surface area contributed by atoms with Gasteiger partial charge in [0.25, 0.3) is 5.56 Å². The number of benzene rings is 2. The number of amides is 1. The van der Waals surface area contributed by atoms with Gasteiger partial charge in [-0.2, -0.15) is 0 Å². The van der Waals surface area contributed by atoms with Gasteiger partial charge in [0.05, 0.1) is 11.2 Å². The van der Waals surface area contributed by atoms with Crippen LogP contribution < -0.4 is 11.2 Å². The predicted molar refractivity (Wildman–Crippen MR) is 119 cm³/mol. The first-order valence-electron chi connectivity index (χ1n) is 9.70. The van der Waals surface area contributed by atoms with Gasteiger partial charge in [-0.05, 0) is 36.1 Å². The largest absolute Gasteiger partial charge is 0.337 e. The van der Waals surface area contributed by atoms with Gasteiger partial charge in [0, 0.05) is 13.1 Å². The zero-order valence-electron chi connectivity index (χ0n) is 16.5.